The first-order chi connectivity index (χ1) is 32.4. The largest absolute Gasteiger partial charge is 0.457 e. The molecule has 1 heterocycles. The van der Waals surface area contributed by atoms with E-state index in [0.29, 0.717) is 13.0 Å². The number of carbonyl (C=O) groups is 1. The fourth-order valence-electron chi connectivity index (χ4n) is 7.47. The van der Waals surface area contributed by atoms with Crippen LogP contribution in [0.15, 0.2) is 97.2 Å². The molecule has 66 heavy (non-hydrogen) atoms. The molecule has 0 saturated carbocycles. The molecule has 0 aromatic rings. The summed E-state index contributed by atoms with van der Waals surface area (Å²) < 4.78 is 22.9. The zero-order valence-electron chi connectivity index (χ0n) is 41.7. The van der Waals surface area contributed by atoms with Crippen molar-refractivity contribution in [1.29, 1.82) is 0 Å². The maximum absolute atomic E-state index is 12.9. The van der Waals surface area contributed by atoms with Gasteiger partial charge in [0.2, 0.25) is 0 Å². The molecule has 9 heteroatoms. The molecular weight excluding hydrogens is 829 g/mol. The minimum Gasteiger partial charge on any atom is -0.457 e. The molecule has 1 rings (SSSR count). The maximum atomic E-state index is 12.9. The van der Waals surface area contributed by atoms with Gasteiger partial charge in [-0.1, -0.05) is 195 Å². The number of esters is 1. The summed E-state index contributed by atoms with van der Waals surface area (Å²) in [5.74, 6) is -0.327. The first-order valence-corrected chi connectivity index (χ1v) is 26.3. The Morgan fingerprint density at radius 1 is 0.485 bits per heavy atom. The van der Waals surface area contributed by atoms with E-state index < -0.39 is 43.4 Å². The lowest BCUT2D eigenvalue weighted by molar-refractivity contribution is -0.305. The number of ether oxygens (including phenoxy) is 4. The van der Waals surface area contributed by atoms with Gasteiger partial charge in [0.25, 0.3) is 0 Å². The standard InChI is InChI=1S/C57H96O9/c1-3-5-7-9-11-13-15-17-19-21-23-25-27-29-31-33-35-37-39-41-43-45-47-63-49-51(50-64-57-56(62)55(61)54(60)52(48-58)66-57)65-53(59)46-44-42-40-38-36-34-32-30-28-26-24-22-20-18-16-14-12-10-8-6-4-2/h5-8,11-14,17-20,23-26,51-52,54-58,60-62H,3-4,9-10,15-16,21-22,27-50H2,1-2H3/b7-5-,8-6-,13-11-,14-12-,19-17-,20-18-,25-23-,26-24-. The normalized spacial score (nSPS) is 20.1. The Bertz CT molecular complexity index is 1330. The molecule has 0 spiro atoms. The highest BCUT2D eigenvalue weighted by molar-refractivity contribution is 5.69. The maximum Gasteiger partial charge on any atom is 0.306 e. The Balaban J connectivity index is 2.22. The third kappa shape index (κ3) is 37.1. The molecule has 1 aliphatic rings. The van der Waals surface area contributed by atoms with Gasteiger partial charge in [-0.3, -0.25) is 4.79 Å². The van der Waals surface area contributed by atoms with Gasteiger partial charge in [-0.25, -0.2) is 0 Å². The number of rotatable bonds is 44. The fraction of sp³-hybridized carbons (Fsp3) is 0.702. The molecule has 4 N–H and O–H groups in total. The van der Waals surface area contributed by atoms with Gasteiger partial charge in [0.1, 0.15) is 30.5 Å². The average Bonchev–Trinajstić information content (AvgIpc) is 3.32. The predicted molar refractivity (Wildman–Crippen MR) is 274 cm³/mol. The summed E-state index contributed by atoms with van der Waals surface area (Å²) in [6.07, 6.45) is 58.6. The van der Waals surface area contributed by atoms with Gasteiger partial charge in [-0.2, -0.15) is 0 Å². The van der Waals surface area contributed by atoms with Crippen LogP contribution in [0.5, 0.6) is 0 Å². The average molecular weight is 925 g/mol. The lowest BCUT2D eigenvalue weighted by Crippen LogP contribution is -2.59. The van der Waals surface area contributed by atoms with Gasteiger partial charge >= 0.3 is 5.97 Å². The van der Waals surface area contributed by atoms with E-state index in [-0.39, 0.29) is 19.2 Å². The molecule has 1 aliphatic heterocycles. The molecule has 1 fully saturated rings. The molecule has 0 aromatic heterocycles. The number of aliphatic hydroxyl groups excluding tert-OH is 4. The van der Waals surface area contributed by atoms with E-state index in [1.165, 1.54) is 64.2 Å². The molecule has 0 radical (unpaired) electrons. The molecule has 0 amide bonds. The molecule has 0 aliphatic carbocycles. The SMILES string of the molecule is CC/C=C\C/C=C\C/C=C\C/C=C\CCCCCCCCCCCOCC(COC1OC(CO)C(O)C(O)C1O)OC(=O)CCCCCCCCCC/C=C\C/C=C\C/C=C\C/C=C\CC. The van der Waals surface area contributed by atoms with Gasteiger partial charge in [0, 0.05) is 13.0 Å². The van der Waals surface area contributed by atoms with Crippen LogP contribution >= 0.6 is 0 Å². The molecule has 0 bridgehead atoms. The number of hydrogen-bond donors (Lipinski definition) is 4. The van der Waals surface area contributed by atoms with Gasteiger partial charge in [-0.05, 0) is 89.9 Å². The lowest BCUT2D eigenvalue weighted by atomic mass is 9.99. The zero-order valence-corrected chi connectivity index (χ0v) is 41.7. The minimum absolute atomic E-state index is 0.125. The van der Waals surface area contributed by atoms with Crippen LogP contribution in [0.3, 0.4) is 0 Å². The van der Waals surface area contributed by atoms with E-state index in [4.69, 9.17) is 18.9 Å². The Labute approximate surface area is 402 Å². The molecule has 1 saturated heterocycles. The van der Waals surface area contributed by atoms with Crippen molar-refractivity contribution in [2.24, 2.45) is 0 Å². The highest BCUT2D eigenvalue weighted by Gasteiger charge is 2.44. The molecule has 9 nitrogen and oxygen atoms in total. The minimum atomic E-state index is -1.55. The summed E-state index contributed by atoms with van der Waals surface area (Å²) >= 11 is 0. The molecule has 6 unspecified atom stereocenters. The monoisotopic (exact) mass is 925 g/mol. The lowest BCUT2D eigenvalue weighted by Gasteiger charge is -2.39. The number of unbranched alkanes of at least 4 members (excludes halogenated alkanes) is 17. The summed E-state index contributed by atoms with van der Waals surface area (Å²) in [6.45, 7) is 4.31. The van der Waals surface area contributed by atoms with Gasteiger partial charge in [0.15, 0.2) is 6.29 Å². The highest BCUT2D eigenvalue weighted by atomic mass is 16.7. The van der Waals surface area contributed by atoms with Crippen molar-refractivity contribution in [2.45, 2.75) is 230 Å². The summed E-state index contributed by atoms with van der Waals surface area (Å²) in [7, 11) is 0. The Morgan fingerprint density at radius 3 is 1.32 bits per heavy atom. The van der Waals surface area contributed by atoms with Crippen molar-refractivity contribution in [2.75, 3.05) is 26.4 Å². The van der Waals surface area contributed by atoms with Crippen molar-refractivity contribution < 1.29 is 44.2 Å². The van der Waals surface area contributed by atoms with Gasteiger partial charge < -0.3 is 39.4 Å². The van der Waals surface area contributed by atoms with Gasteiger partial charge in [0.05, 0.1) is 19.8 Å². The van der Waals surface area contributed by atoms with E-state index in [0.717, 1.165) is 109 Å². The van der Waals surface area contributed by atoms with Crippen molar-refractivity contribution in [3.8, 4) is 0 Å². The molecule has 6 atom stereocenters. The van der Waals surface area contributed by atoms with E-state index in [9.17, 15) is 25.2 Å². The number of aliphatic hydroxyl groups is 4. The van der Waals surface area contributed by atoms with Crippen molar-refractivity contribution in [1.82, 2.24) is 0 Å². The summed E-state index contributed by atoms with van der Waals surface area (Å²) in [4.78, 5) is 12.9. The summed E-state index contributed by atoms with van der Waals surface area (Å²) in [6, 6.07) is 0. The second-order valence-corrected chi connectivity index (χ2v) is 17.6. The van der Waals surface area contributed by atoms with Gasteiger partial charge in [-0.15, -0.1) is 0 Å². The first kappa shape index (κ1) is 61.1. The highest BCUT2D eigenvalue weighted by Crippen LogP contribution is 2.23. The molecular formula is C57H96O9. The summed E-state index contributed by atoms with van der Waals surface area (Å²) in [5, 5.41) is 40.3. The predicted octanol–water partition coefficient (Wildman–Crippen LogP) is 13.1. The van der Waals surface area contributed by atoms with Crippen LogP contribution in [0.2, 0.25) is 0 Å². The fourth-order valence-corrected chi connectivity index (χ4v) is 7.47. The van der Waals surface area contributed by atoms with Crippen molar-refractivity contribution in [3.05, 3.63) is 97.2 Å². The van der Waals surface area contributed by atoms with Crippen molar-refractivity contribution in [3.63, 3.8) is 0 Å². The number of allylic oxidation sites excluding steroid dienone is 16. The Morgan fingerprint density at radius 2 is 0.879 bits per heavy atom. The van der Waals surface area contributed by atoms with Crippen LogP contribution in [0.4, 0.5) is 0 Å². The quantitative estimate of drug-likeness (QED) is 0.0268. The summed E-state index contributed by atoms with van der Waals surface area (Å²) in [5.41, 5.74) is 0. The van der Waals surface area contributed by atoms with E-state index >= 15 is 0 Å². The zero-order chi connectivity index (χ0) is 47.8. The smallest absolute Gasteiger partial charge is 0.306 e. The van der Waals surface area contributed by atoms with E-state index in [1.807, 2.05) is 0 Å². The Hall–Kier alpha value is -2.89. The second kappa shape index (κ2) is 47.2. The van der Waals surface area contributed by atoms with Crippen LogP contribution < -0.4 is 0 Å². The number of carbonyl (C=O) groups excluding carboxylic acids is 1. The number of hydrogen-bond acceptors (Lipinski definition) is 9. The van der Waals surface area contributed by atoms with Crippen molar-refractivity contribution >= 4 is 5.97 Å². The topological polar surface area (TPSA) is 135 Å². The third-order valence-electron chi connectivity index (χ3n) is 11.5. The van der Waals surface area contributed by atoms with E-state index in [2.05, 4.69) is 111 Å². The van der Waals surface area contributed by atoms with Crippen LogP contribution in [-0.2, 0) is 23.7 Å². The molecule has 378 valence electrons. The van der Waals surface area contributed by atoms with Crippen LogP contribution in [-0.4, -0.2) is 89.6 Å². The Kier molecular flexibility index (Phi) is 43.7. The second-order valence-electron chi connectivity index (χ2n) is 17.6. The van der Waals surface area contributed by atoms with Crippen LogP contribution in [0.25, 0.3) is 0 Å². The van der Waals surface area contributed by atoms with E-state index in [1.54, 1.807) is 0 Å². The van der Waals surface area contributed by atoms with Crippen LogP contribution in [0.1, 0.15) is 194 Å². The first-order valence-electron chi connectivity index (χ1n) is 26.3. The van der Waals surface area contributed by atoms with Crippen LogP contribution in [0, 0.1) is 0 Å². The third-order valence-corrected chi connectivity index (χ3v) is 11.5. The molecule has 0 aromatic carbocycles.